The SMILES string of the molecule is CC(CN)C1=CCCCC1. The molecule has 0 aromatic heterocycles. The van der Waals surface area contributed by atoms with Crippen LogP contribution in [0.25, 0.3) is 0 Å². The summed E-state index contributed by atoms with van der Waals surface area (Å²) < 4.78 is 0. The van der Waals surface area contributed by atoms with Gasteiger partial charge in [0.2, 0.25) is 0 Å². The van der Waals surface area contributed by atoms with Crippen LogP contribution in [0.2, 0.25) is 0 Å². The van der Waals surface area contributed by atoms with Crippen LogP contribution < -0.4 is 5.73 Å². The van der Waals surface area contributed by atoms with Crippen molar-refractivity contribution in [2.75, 3.05) is 6.54 Å². The van der Waals surface area contributed by atoms with Crippen LogP contribution in [0.1, 0.15) is 32.6 Å². The van der Waals surface area contributed by atoms with Crippen LogP contribution >= 0.6 is 0 Å². The largest absolute Gasteiger partial charge is 0.330 e. The summed E-state index contributed by atoms with van der Waals surface area (Å²) >= 11 is 0. The van der Waals surface area contributed by atoms with E-state index in [4.69, 9.17) is 5.73 Å². The van der Waals surface area contributed by atoms with Crippen LogP contribution in [0.15, 0.2) is 11.6 Å². The molecule has 0 amide bonds. The molecule has 0 aliphatic heterocycles. The molecule has 1 aliphatic rings. The summed E-state index contributed by atoms with van der Waals surface area (Å²) in [6, 6.07) is 0. The highest BCUT2D eigenvalue weighted by atomic mass is 14.5. The van der Waals surface area contributed by atoms with Gasteiger partial charge in [-0.05, 0) is 38.1 Å². The Morgan fingerprint density at radius 1 is 1.60 bits per heavy atom. The molecule has 10 heavy (non-hydrogen) atoms. The van der Waals surface area contributed by atoms with E-state index in [0.29, 0.717) is 5.92 Å². The van der Waals surface area contributed by atoms with Crippen molar-refractivity contribution >= 4 is 0 Å². The van der Waals surface area contributed by atoms with Crippen molar-refractivity contribution < 1.29 is 0 Å². The first kappa shape index (κ1) is 7.80. The van der Waals surface area contributed by atoms with Crippen molar-refractivity contribution in [2.45, 2.75) is 32.6 Å². The molecular weight excluding hydrogens is 122 g/mol. The molecule has 1 unspecified atom stereocenters. The Hall–Kier alpha value is -0.300. The van der Waals surface area contributed by atoms with E-state index in [1.165, 1.54) is 25.7 Å². The van der Waals surface area contributed by atoms with Crippen LogP contribution in [-0.4, -0.2) is 6.54 Å². The molecule has 0 bridgehead atoms. The van der Waals surface area contributed by atoms with Gasteiger partial charge in [0.05, 0.1) is 0 Å². The van der Waals surface area contributed by atoms with E-state index in [2.05, 4.69) is 13.0 Å². The fourth-order valence-corrected chi connectivity index (χ4v) is 1.46. The van der Waals surface area contributed by atoms with Crippen molar-refractivity contribution in [3.63, 3.8) is 0 Å². The minimum Gasteiger partial charge on any atom is -0.330 e. The Kier molecular flexibility index (Phi) is 2.94. The van der Waals surface area contributed by atoms with Crippen LogP contribution in [0.4, 0.5) is 0 Å². The van der Waals surface area contributed by atoms with E-state index in [1.54, 1.807) is 5.57 Å². The highest BCUT2D eigenvalue weighted by molar-refractivity contribution is 5.08. The molecule has 1 nitrogen and oxygen atoms in total. The Balaban J connectivity index is 2.44. The molecule has 2 N–H and O–H groups in total. The predicted octanol–water partition coefficient (Wildman–Crippen LogP) is 2.08. The normalized spacial score (nSPS) is 22.0. The Morgan fingerprint density at radius 3 is 2.90 bits per heavy atom. The van der Waals surface area contributed by atoms with Gasteiger partial charge in [0.15, 0.2) is 0 Å². The zero-order chi connectivity index (χ0) is 7.40. The van der Waals surface area contributed by atoms with E-state index in [1.807, 2.05) is 0 Å². The second-order valence-electron chi connectivity index (χ2n) is 3.16. The molecule has 0 saturated heterocycles. The number of hydrogen-bond donors (Lipinski definition) is 1. The first-order valence-corrected chi connectivity index (χ1v) is 4.23. The molecule has 0 spiro atoms. The molecule has 1 heteroatoms. The molecule has 0 fully saturated rings. The average Bonchev–Trinajstić information content (AvgIpc) is 2.05. The summed E-state index contributed by atoms with van der Waals surface area (Å²) in [7, 11) is 0. The molecule has 1 atom stereocenters. The van der Waals surface area contributed by atoms with Gasteiger partial charge >= 0.3 is 0 Å². The van der Waals surface area contributed by atoms with Crippen LogP contribution in [0, 0.1) is 5.92 Å². The van der Waals surface area contributed by atoms with Gasteiger partial charge < -0.3 is 5.73 Å². The first-order chi connectivity index (χ1) is 4.84. The number of nitrogens with two attached hydrogens (primary N) is 1. The summed E-state index contributed by atoms with van der Waals surface area (Å²) in [5.74, 6) is 0.625. The quantitative estimate of drug-likeness (QED) is 0.582. The lowest BCUT2D eigenvalue weighted by Crippen LogP contribution is -2.14. The smallest absolute Gasteiger partial charge is 0.00142 e. The standard InChI is InChI=1S/C9H17N/c1-8(7-10)9-5-3-2-4-6-9/h5,8H,2-4,6-7,10H2,1H3. The molecule has 0 radical (unpaired) electrons. The van der Waals surface area contributed by atoms with Gasteiger partial charge in [0.1, 0.15) is 0 Å². The molecule has 0 heterocycles. The Labute approximate surface area is 63.3 Å². The van der Waals surface area contributed by atoms with Crippen LogP contribution in [-0.2, 0) is 0 Å². The third-order valence-corrected chi connectivity index (χ3v) is 2.31. The third-order valence-electron chi connectivity index (χ3n) is 2.31. The fourth-order valence-electron chi connectivity index (χ4n) is 1.46. The van der Waals surface area contributed by atoms with Gasteiger partial charge in [0.25, 0.3) is 0 Å². The van der Waals surface area contributed by atoms with Gasteiger partial charge in [-0.2, -0.15) is 0 Å². The maximum Gasteiger partial charge on any atom is -0.00142 e. The monoisotopic (exact) mass is 139 g/mol. The molecule has 0 saturated carbocycles. The summed E-state index contributed by atoms with van der Waals surface area (Å²) in [4.78, 5) is 0. The van der Waals surface area contributed by atoms with E-state index in [-0.39, 0.29) is 0 Å². The summed E-state index contributed by atoms with van der Waals surface area (Å²) in [6.45, 7) is 3.03. The van der Waals surface area contributed by atoms with Crippen molar-refractivity contribution in [3.8, 4) is 0 Å². The van der Waals surface area contributed by atoms with Gasteiger partial charge in [-0.3, -0.25) is 0 Å². The highest BCUT2D eigenvalue weighted by Crippen LogP contribution is 2.22. The lowest BCUT2D eigenvalue weighted by molar-refractivity contribution is 0.594. The molecule has 1 rings (SSSR count). The van der Waals surface area contributed by atoms with Crippen molar-refractivity contribution in [1.82, 2.24) is 0 Å². The van der Waals surface area contributed by atoms with Crippen LogP contribution in [0.3, 0.4) is 0 Å². The van der Waals surface area contributed by atoms with E-state index < -0.39 is 0 Å². The zero-order valence-electron chi connectivity index (χ0n) is 6.77. The minimum atomic E-state index is 0.625. The Bertz CT molecular complexity index is 127. The lowest BCUT2D eigenvalue weighted by atomic mass is 9.90. The van der Waals surface area contributed by atoms with E-state index in [0.717, 1.165) is 6.54 Å². The maximum atomic E-state index is 5.56. The number of hydrogen-bond acceptors (Lipinski definition) is 1. The summed E-state index contributed by atoms with van der Waals surface area (Å²) in [6.07, 6.45) is 7.69. The van der Waals surface area contributed by atoms with E-state index >= 15 is 0 Å². The lowest BCUT2D eigenvalue weighted by Gasteiger charge is -2.17. The molecule has 0 aromatic rings. The Morgan fingerprint density at radius 2 is 2.40 bits per heavy atom. The second kappa shape index (κ2) is 3.77. The highest BCUT2D eigenvalue weighted by Gasteiger charge is 2.08. The van der Waals surface area contributed by atoms with Gasteiger partial charge in [-0.1, -0.05) is 18.6 Å². The van der Waals surface area contributed by atoms with Crippen LogP contribution in [0.5, 0.6) is 0 Å². The van der Waals surface area contributed by atoms with Gasteiger partial charge in [-0.15, -0.1) is 0 Å². The minimum absolute atomic E-state index is 0.625. The van der Waals surface area contributed by atoms with Gasteiger partial charge in [-0.25, -0.2) is 0 Å². The predicted molar refractivity (Wildman–Crippen MR) is 44.8 cm³/mol. The maximum absolute atomic E-state index is 5.56. The average molecular weight is 139 g/mol. The molecule has 1 aliphatic carbocycles. The topological polar surface area (TPSA) is 26.0 Å². The molecule has 58 valence electrons. The molecule has 0 aromatic carbocycles. The van der Waals surface area contributed by atoms with Crippen molar-refractivity contribution in [2.24, 2.45) is 11.7 Å². The van der Waals surface area contributed by atoms with Gasteiger partial charge in [0, 0.05) is 0 Å². The summed E-state index contributed by atoms with van der Waals surface area (Å²) in [5.41, 5.74) is 7.15. The first-order valence-electron chi connectivity index (χ1n) is 4.23. The van der Waals surface area contributed by atoms with Crippen molar-refractivity contribution in [1.29, 1.82) is 0 Å². The fraction of sp³-hybridized carbons (Fsp3) is 0.778. The molecular formula is C9H17N. The third kappa shape index (κ3) is 1.84. The second-order valence-corrected chi connectivity index (χ2v) is 3.16. The number of allylic oxidation sites excluding steroid dienone is 1. The number of rotatable bonds is 2. The zero-order valence-corrected chi connectivity index (χ0v) is 6.77. The summed E-state index contributed by atoms with van der Waals surface area (Å²) in [5, 5.41) is 0. The van der Waals surface area contributed by atoms with E-state index in [9.17, 15) is 0 Å². The van der Waals surface area contributed by atoms with Crippen molar-refractivity contribution in [3.05, 3.63) is 11.6 Å².